The van der Waals surface area contributed by atoms with E-state index in [1.165, 1.54) is 0 Å². The van der Waals surface area contributed by atoms with E-state index in [9.17, 15) is 0 Å². The molecule has 1 atom stereocenters. The van der Waals surface area contributed by atoms with Gasteiger partial charge in [-0.15, -0.1) is 0 Å². The molecule has 1 unspecified atom stereocenters. The highest BCUT2D eigenvalue weighted by Crippen LogP contribution is 2.02. The van der Waals surface area contributed by atoms with Gasteiger partial charge in [-0.05, 0) is 12.3 Å². The van der Waals surface area contributed by atoms with Crippen molar-refractivity contribution in [2.75, 3.05) is 0 Å². The predicted molar refractivity (Wildman–Crippen MR) is 33.8 cm³/mol. The molecule has 0 aromatic rings. The molecule has 8 heavy (non-hydrogen) atoms. The molecule has 2 heteroatoms. The highest BCUT2D eigenvalue weighted by atomic mass is 16.5. The fourth-order valence-corrected chi connectivity index (χ4v) is 0.712. The number of hydrogen-bond donors (Lipinski definition) is 2. The third-order valence-corrected chi connectivity index (χ3v) is 1.41. The monoisotopic (exact) mass is 117 g/mol. The van der Waals surface area contributed by atoms with E-state index in [0.717, 1.165) is 6.42 Å². The van der Waals surface area contributed by atoms with Crippen molar-refractivity contribution in [3.05, 3.63) is 0 Å². The first-order valence-electron chi connectivity index (χ1n) is 3.12. The van der Waals surface area contributed by atoms with Crippen LogP contribution in [0.1, 0.15) is 27.2 Å². The molecule has 0 aromatic carbocycles. The van der Waals surface area contributed by atoms with Gasteiger partial charge in [-0.3, -0.25) is 0 Å². The average Bonchev–Trinajstić information content (AvgIpc) is 1.69. The summed E-state index contributed by atoms with van der Waals surface area (Å²) in [7, 11) is 0. The fraction of sp³-hybridized carbons (Fsp3) is 1.00. The molecule has 0 saturated carbocycles. The number of hydroxylamine groups is 1. The van der Waals surface area contributed by atoms with E-state index >= 15 is 0 Å². The summed E-state index contributed by atoms with van der Waals surface area (Å²) in [5.74, 6) is 0.519. The van der Waals surface area contributed by atoms with E-state index in [1.54, 1.807) is 0 Å². The van der Waals surface area contributed by atoms with Gasteiger partial charge in [0.2, 0.25) is 0 Å². The molecule has 2 N–H and O–H groups in total. The number of nitrogens with one attached hydrogen (secondary N) is 1. The van der Waals surface area contributed by atoms with Gasteiger partial charge in [0.25, 0.3) is 0 Å². The highest BCUT2D eigenvalue weighted by Gasteiger charge is 2.06. The fourth-order valence-electron chi connectivity index (χ4n) is 0.712. The van der Waals surface area contributed by atoms with E-state index in [0.29, 0.717) is 5.92 Å². The van der Waals surface area contributed by atoms with Gasteiger partial charge >= 0.3 is 0 Å². The van der Waals surface area contributed by atoms with E-state index in [2.05, 4.69) is 19.3 Å². The van der Waals surface area contributed by atoms with Crippen LogP contribution in [0.4, 0.5) is 0 Å². The van der Waals surface area contributed by atoms with Gasteiger partial charge < -0.3 is 5.21 Å². The van der Waals surface area contributed by atoms with Crippen molar-refractivity contribution in [2.24, 2.45) is 5.92 Å². The third kappa shape index (κ3) is 2.28. The quantitative estimate of drug-likeness (QED) is 0.548. The molecule has 0 bridgehead atoms. The molecular weight excluding hydrogens is 102 g/mol. The van der Waals surface area contributed by atoms with E-state index in [-0.39, 0.29) is 6.04 Å². The van der Waals surface area contributed by atoms with Gasteiger partial charge in [0, 0.05) is 6.04 Å². The van der Waals surface area contributed by atoms with Crippen LogP contribution in [0.2, 0.25) is 0 Å². The summed E-state index contributed by atoms with van der Waals surface area (Å²) in [5, 5.41) is 8.45. The number of hydrogen-bond acceptors (Lipinski definition) is 2. The Hall–Kier alpha value is -0.0800. The second-order valence-electron chi connectivity index (χ2n) is 2.39. The largest absolute Gasteiger partial charge is 0.317 e. The molecule has 0 aliphatic rings. The van der Waals surface area contributed by atoms with Crippen molar-refractivity contribution >= 4 is 0 Å². The van der Waals surface area contributed by atoms with Crippen LogP contribution in [-0.2, 0) is 0 Å². The summed E-state index contributed by atoms with van der Waals surface area (Å²) in [4.78, 5) is 0. The van der Waals surface area contributed by atoms with Crippen molar-refractivity contribution in [2.45, 2.75) is 33.2 Å². The molecule has 0 heterocycles. The summed E-state index contributed by atoms with van der Waals surface area (Å²) in [6, 6.07) is 0.259. The third-order valence-electron chi connectivity index (χ3n) is 1.41. The topological polar surface area (TPSA) is 32.3 Å². The van der Waals surface area contributed by atoms with Crippen LogP contribution in [0.3, 0.4) is 0 Å². The second-order valence-corrected chi connectivity index (χ2v) is 2.39. The first-order valence-corrected chi connectivity index (χ1v) is 3.12. The molecular formula is C6H15NO. The molecule has 0 fully saturated rings. The maximum absolute atomic E-state index is 8.45. The maximum Gasteiger partial charge on any atom is 0.0340 e. The molecule has 0 saturated heterocycles. The summed E-state index contributed by atoms with van der Waals surface area (Å²) >= 11 is 0. The summed E-state index contributed by atoms with van der Waals surface area (Å²) in [6.45, 7) is 6.21. The summed E-state index contributed by atoms with van der Waals surface area (Å²) in [5.41, 5.74) is 2.25. The van der Waals surface area contributed by atoms with Crippen molar-refractivity contribution < 1.29 is 5.21 Å². The molecule has 50 valence electrons. The normalized spacial score (nSPS) is 14.6. The Morgan fingerprint density at radius 1 is 1.50 bits per heavy atom. The lowest BCUT2D eigenvalue weighted by Gasteiger charge is -2.15. The molecule has 0 aliphatic heterocycles. The minimum Gasteiger partial charge on any atom is -0.317 e. The Balaban J connectivity index is 3.35. The Labute approximate surface area is 50.9 Å². The predicted octanol–water partition coefficient (Wildman–Crippen LogP) is 1.40. The molecule has 0 radical (unpaired) electrons. The molecule has 0 aliphatic carbocycles. The zero-order valence-electron chi connectivity index (χ0n) is 5.81. The van der Waals surface area contributed by atoms with Crippen molar-refractivity contribution in [3.8, 4) is 0 Å². The first kappa shape index (κ1) is 7.92. The summed E-state index contributed by atoms with van der Waals surface area (Å²) in [6.07, 6.45) is 0.980. The van der Waals surface area contributed by atoms with Gasteiger partial charge in [0.05, 0.1) is 0 Å². The van der Waals surface area contributed by atoms with Crippen LogP contribution in [0.25, 0.3) is 0 Å². The van der Waals surface area contributed by atoms with Crippen molar-refractivity contribution in [3.63, 3.8) is 0 Å². The van der Waals surface area contributed by atoms with Crippen LogP contribution >= 0.6 is 0 Å². The smallest absolute Gasteiger partial charge is 0.0340 e. The van der Waals surface area contributed by atoms with Crippen molar-refractivity contribution in [1.29, 1.82) is 0 Å². The molecule has 0 amide bonds. The van der Waals surface area contributed by atoms with E-state index in [1.807, 2.05) is 6.92 Å². The van der Waals surface area contributed by atoms with Crippen molar-refractivity contribution in [1.82, 2.24) is 5.48 Å². The van der Waals surface area contributed by atoms with Gasteiger partial charge in [-0.25, -0.2) is 5.48 Å². The van der Waals surface area contributed by atoms with E-state index < -0.39 is 0 Å². The lowest BCUT2D eigenvalue weighted by Crippen LogP contribution is -2.29. The van der Waals surface area contributed by atoms with Crippen LogP contribution in [0, 0.1) is 5.92 Å². The molecule has 0 spiro atoms. The van der Waals surface area contributed by atoms with Gasteiger partial charge in [0.15, 0.2) is 0 Å². The SMILES string of the molecule is CCC(NO)C(C)C. The zero-order chi connectivity index (χ0) is 6.57. The molecule has 0 rings (SSSR count). The molecule has 2 nitrogen and oxygen atoms in total. The van der Waals surface area contributed by atoms with Gasteiger partial charge in [-0.2, -0.15) is 0 Å². The highest BCUT2D eigenvalue weighted by molar-refractivity contribution is 4.62. The standard InChI is InChI=1S/C6H15NO/c1-4-6(7-8)5(2)3/h5-8H,4H2,1-3H3. The van der Waals surface area contributed by atoms with Gasteiger partial charge in [-0.1, -0.05) is 20.8 Å². The van der Waals surface area contributed by atoms with Crippen LogP contribution in [0.5, 0.6) is 0 Å². The number of rotatable bonds is 3. The van der Waals surface area contributed by atoms with Crippen LogP contribution in [0.15, 0.2) is 0 Å². The Kier molecular flexibility index (Phi) is 3.83. The lowest BCUT2D eigenvalue weighted by atomic mass is 10.0. The second kappa shape index (κ2) is 3.87. The summed E-state index contributed by atoms with van der Waals surface area (Å²) < 4.78 is 0. The minimum atomic E-state index is 0.259. The maximum atomic E-state index is 8.45. The minimum absolute atomic E-state index is 0.259. The average molecular weight is 117 g/mol. The Morgan fingerprint density at radius 2 is 2.00 bits per heavy atom. The molecule has 0 aromatic heterocycles. The Morgan fingerprint density at radius 3 is 2.00 bits per heavy atom. The van der Waals surface area contributed by atoms with Gasteiger partial charge in [0.1, 0.15) is 0 Å². The lowest BCUT2D eigenvalue weighted by molar-refractivity contribution is 0.103. The first-order chi connectivity index (χ1) is 3.72. The Bertz CT molecular complexity index is 50.5. The van der Waals surface area contributed by atoms with E-state index in [4.69, 9.17) is 5.21 Å². The van der Waals surface area contributed by atoms with Crippen LogP contribution < -0.4 is 5.48 Å². The van der Waals surface area contributed by atoms with Crippen LogP contribution in [-0.4, -0.2) is 11.2 Å². The zero-order valence-corrected chi connectivity index (χ0v) is 5.81.